The van der Waals surface area contributed by atoms with Crippen molar-refractivity contribution in [1.82, 2.24) is 4.72 Å². The summed E-state index contributed by atoms with van der Waals surface area (Å²) in [6, 6.07) is 11.4. The Balaban J connectivity index is 2.22. The van der Waals surface area contributed by atoms with Gasteiger partial charge in [0.15, 0.2) is 0 Å². The van der Waals surface area contributed by atoms with Gasteiger partial charge in [0.25, 0.3) is 5.91 Å². The second-order valence-electron chi connectivity index (χ2n) is 5.27. The number of rotatable bonds is 7. The maximum atomic E-state index is 12.3. The molecule has 1 amide bonds. The molecule has 0 aliphatic carbocycles. The van der Waals surface area contributed by atoms with Crippen LogP contribution in [0.3, 0.4) is 0 Å². The van der Waals surface area contributed by atoms with Gasteiger partial charge in [0, 0.05) is 17.8 Å². The van der Waals surface area contributed by atoms with Crippen LogP contribution in [0.5, 0.6) is 0 Å². The number of nitrogens with one attached hydrogen (secondary N) is 2. The normalized spacial score (nSPS) is 11.1. The van der Waals surface area contributed by atoms with E-state index in [1.165, 1.54) is 42.5 Å². The van der Waals surface area contributed by atoms with Gasteiger partial charge in [-0.2, -0.15) is 0 Å². The molecule has 0 unspecified atom stereocenters. The topological polar surface area (TPSA) is 113 Å². The lowest BCUT2D eigenvalue weighted by Gasteiger charge is -2.09. The quantitative estimate of drug-likeness (QED) is 0.700. The minimum Gasteiger partial charge on any atom is -0.478 e. The highest BCUT2D eigenvalue weighted by molar-refractivity contribution is 7.89. The van der Waals surface area contributed by atoms with E-state index in [0.717, 1.165) is 0 Å². The summed E-state index contributed by atoms with van der Waals surface area (Å²) in [6.45, 7) is 2.15. The summed E-state index contributed by atoms with van der Waals surface area (Å²) in [4.78, 5) is 23.3. The average molecular weight is 362 g/mol. The highest BCUT2D eigenvalue weighted by Gasteiger charge is 2.16. The zero-order valence-electron chi connectivity index (χ0n) is 13.5. The predicted octanol–water partition coefficient (Wildman–Crippen LogP) is 2.33. The molecule has 0 radical (unpaired) electrons. The molecule has 2 rings (SSSR count). The zero-order valence-corrected chi connectivity index (χ0v) is 14.3. The Morgan fingerprint density at radius 1 is 1.04 bits per heavy atom. The van der Waals surface area contributed by atoms with Gasteiger partial charge in [0.05, 0.1) is 10.5 Å². The number of carbonyl (C=O) groups is 2. The first kappa shape index (κ1) is 18.6. The lowest BCUT2D eigenvalue weighted by molar-refractivity contribution is 0.0696. The van der Waals surface area contributed by atoms with Crippen molar-refractivity contribution in [3.63, 3.8) is 0 Å². The van der Waals surface area contributed by atoms with E-state index < -0.39 is 21.9 Å². The molecular formula is C17H18N2O5S. The number of aromatic carboxylic acids is 1. The van der Waals surface area contributed by atoms with E-state index in [4.69, 9.17) is 5.11 Å². The molecule has 0 fully saturated rings. The van der Waals surface area contributed by atoms with E-state index in [2.05, 4.69) is 10.0 Å². The second-order valence-corrected chi connectivity index (χ2v) is 7.03. The highest BCUT2D eigenvalue weighted by Crippen LogP contribution is 2.15. The maximum Gasteiger partial charge on any atom is 0.335 e. The summed E-state index contributed by atoms with van der Waals surface area (Å²) in [5.74, 6) is -1.64. The van der Waals surface area contributed by atoms with Crippen molar-refractivity contribution in [2.45, 2.75) is 18.2 Å². The lowest BCUT2D eigenvalue weighted by Crippen LogP contribution is -2.24. The Morgan fingerprint density at radius 3 is 2.40 bits per heavy atom. The van der Waals surface area contributed by atoms with E-state index in [-0.39, 0.29) is 16.0 Å². The van der Waals surface area contributed by atoms with Crippen LogP contribution >= 0.6 is 0 Å². The summed E-state index contributed by atoms with van der Waals surface area (Å²) in [5.41, 5.74) is 0.500. The first-order valence-electron chi connectivity index (χ1n) is 7.58. The number of carboxylic acid groups (broad SMARTS) is 1. The molecular weight excluding hydrogens is 344 g/mol. The minimum atomic E-state index is -3.68. The first-order valence-corrected chi connectivity index (χ1v) is 9.06. The third kappa shape index (κ3) is 4.88. The van der Waals surface area contributed by atoms with Crippen molar-refractivity contribution in [3.05, 3.63) is 59.7 Å². The lowest BCUT2D eigenvalue weighted by atomic mass is 10.2. The van der Waals surface area contributed by atoms with E-state index >= 15 is 0 Å². The molecule has 25 heavy (non-hydrogen) atoms. The molecule has 0 saturated carbocycles. The van der Waals surface area contributed by atoms with Gasteiger partial charge < -0.3 is 10.4 Å². The fourth-order valence-electron chi connectivity index (χ4n) is 2.06. The molecule has 0 aliphatic heterocycles. The van der Waals surface area contributed by atoms with Crippen LogP contribution in [-0.2, 0) is 10.0 Å². The first-order chi connectivity index (χ1) is 11.8. The Hall–Kier alpha value is -2.71. The molecule has 2 aromatic carbocycles. The number of amides is 1. The molecule has 2 aromatic rings. The highest BCUT2D eigenvalue weighted by atomic mass is 32.2. The van der Waals surface area contributed by atoms with Crippen molar-refractivity contribution in [2.75, 3.05) is 11.9 Å². The van der Waals surface area contributed by atoms with E-state index in [0.29, 0.717) is 18.7 Å². The number of carboxylic acids is 1. The number of anilines is 1. The van der Waals surface area contributed by atoms with E-state index in [1.54, 1.807) is 6.07 Å². The summed E-state index contributed by atoms with van der Waals surface area (Å²) in [7, 11) is -3.68. The van der Waals surface area contributed by atoms with Crippen molar-refractivity contribution >= 4 is 27.6 Å². The molecule has 0 bridgehead atoms. The third-order valence-electron chi connectivity index (χ3n) is 3.32. The standard InChI is InChI=1S/C17H18N2O5S/c1-2-9-18-25(23,24)15-8-4-5-12(11-15)16(20)19-14-7-3-6-13(10-14)17(21)22/h3-8,10-11,18H,2,9H2,1H3,(H,19,20)(H,21,22). The molecule has 0 spiro atoms. The van der Waals surface area contributed by atoms with Crippen molar-refractivity contribution < 1.29 is 23.1 Å². The van der Waals surface area contributed by atoms with Gasteiger partial charge in [0.1, 0.15) is 0 Å². The Bertz CT molecular complexity index is 893. The fourth-order valence-corrected chi connectivity index (χ4v) is 3.24. The molecule has 0 atom stereocenters. The molecule has 8 heteroatoms. The monoisotopic (exact) mass is 362 g/mol. The van der Waals surface area contributed by atoms with Crippen LogP contribution in [-0.4, -0.2) is 31.9 Å². The largest absolute Gasteiger partial charge is 0.478 e. The van der Waals surface area contributed by atoms with Gasteiger partial charge in [-0.3, -0.25) is 4.79 Å². The van der Waals surface area contributed by atoms with Gasteiger partial charge in [-0.1, -0.05) is 19.1 Å². The van der Waals surface area contributed by atoms with Crippen LogP contribution in [0.4, 0.5) is 5.69 Å². The molecule has 7 nitrogen and oxygen atoms in total. The van der Waals surface area contributed by atoms with E-state index in [1.807, 2.05) is 6.92 Å². The Labute approximate surface area is 145 Å². The van der Waals surface area contributed by atoms with Crippen LogP contribution < -0.4 is 10.0 Å². The fraction of sp³-hybridized carbons (Fsp3) is 0.176. The minimum absolute atomic E-state index is 0.00659. The van der Waals surface area contributed by atoms with Crippen LogP contribution in [0.15, 0.2) is 53.4 Å². The second kappa shape index (κ2) is 7.91. The van der Waals surface area contributed by atoms with Gasteiger partial charge in [-0.15, -0.1) is 0 Å². The Kier molecular flexibility index (Phi) is 5.89. The van der Waals surface area contributed by atoms with Crippen molar-refractivity contribution in [2.24, 2.45) is 0 Å². The predicted molar refractivity (Wildman–Crippen MR) is 93.3 cm³/mol. The number of hydrogen-bond donors (Lipinski definition) is 3. The molecule has 0 saturated heterocycles. The molecule has 132 valence electrons. The van der Waals surface area contributed by atoms with Gasteiger partial charge in [0.2, 0.25) is 10.0 Å². The zero-order chi connectivity index (χ0) is 18.4. The maximum absolute atomic E-state index is 12.3. The summed E-state index contributed by atoms with van der Waals surface area (Å²) in [5, 5.41) is 11.5. The Morgan fingerprint density at radius 2 is 1.72 bits per heavy atom. The molecule has 0 aliphatic rings. The van der Waals surface area contributed by atoms with Crippen LogP contribution in [0.25, 0.3) is 0 Å². The van der Waals surface area contributed by atoms with Crippen LogP contribution in [0, 0.1) is 0 Å². The SMILES string of the molecule is CCCNS(=O)(=O)c1cccc(C(=O)Nc2cccc(C(=O)O)c2)c1. The smallest absolute Gasteiger partial charge is 0.335 e. The van der Waals surface area contributed by atoms with Gasteiger partial charge in [-0.25, -0.2) is 17.9 Å². The van der Waals surface area contributed by atoms with Gasteiger partial charge in [-0.05, 0) is 42.8 Å². The molecule has 0 aromatic heterocycles. The van der Waals surface area contributed by atoms with Crippen LogP contribution in [0.2, 0.25) is 0 Å². The average Bonchev–Trinajstić information content (AvgIpc) is 2.60. The van der Waals surface area contributed by atoms with Crippen LogP contribution in [0.1, 0.15) is 34.1 Å². The summed E-state index contributed by atoms with van der Waals surface area (Å²) >= 11 is 0. The summed E-state index contributed by atoms with van der Waals surface area (Å²) < 4.78 is 26.7. The number of sulfonamides is 1. The van der Waals surface area contributed by atoms with Gasteiger partial charge >= 0.3 is 5.97 Å². The van der Waals surface area contributed by atoms with Crippen molar-refractivity contribution in [1.29, 1.82) is 0 Å². The molecule has 3 N–H and O–H groups in total. The number of benzene rings is 2. The number of hydrogen-bond acceptors (Lipinski definition) is 4. The van der Waals surface area contributed by atoms with E-state index in [9.17, 15) is 18.0 Å². The number of carbonyl (C=O) groups excluding carboxylic acids is 1. The molecule has 0 heterocycles. The van der Waals surface area contributed by atoms with Crippen molar-refractivity contribution in [3.8, 4) is 0 Å². The summed E-state index contributed by atoms with van der Waals surface area (Å²) in [6.07, 6.45) is 0.652. The third-order valence-corrected chi connectivity index (χ3v) is 4.77.